The molecule has 0 radical (unpaired) electrons. The highest BCUT2D eigenvalue weighted by Crippen LogP contribution is 2.36. The maximum absolute atomic E-state index is 14.4. The molecule has 0 atom stereocenters. The molecule has 0 spiro atoms. The standard InChI is InChI=1S/C24H26FNO4S/c1-5-8-19(25)15-26-16(3)23(17-9-7-10-20(13-17)31(4,28)29)21-14-18(11-12-22(21)26)24(27)30-6-2/h7-14H,5-6,15H2,1-4H3/b19-8-. The van der Waals surface area contributed by atoms with Crippen molar-refractivity contribution in [2.24, 2.45) is 0 Å². The average Bonchev–Trinajstić information content (AvgIpc) is 2.98. The van der Waals surface area contributed by atoms with Crippen molar-refractivity contribution in [3.8, 4) is 11.1 Å². The molecule has 0 saturated carbocycles. The van der Waals surface area contributed by atoms with Crippen molar-refractivity contribution in [3.05, 3.63) is 65.6 Å². The molecule has 31 heavy (non-hydrogen) atoms. The predicted octanol–water partition coefficient (Wildman–Crippen LogP) is 5.46. The first-order chi connectivity index (χ1) is 14.7. The van der Waals surface area contributed by atoms with E-state index in [1.165, 1.54) is 6.08 Å². The fourth-order valence-electron chi connectivity index (χ4n) is 3.71. The Morgan fingerprint density at radius 1 is 1.16 bits per heavy atom. The molecular weight excluding hydrogens is 417 g/mol. The van der Waals surface area contributed by atoms with E-state index < -0.39 is 15.8 Å². The zero-order chi connectivity index (χ0) is 22.8. The van der Waals surface area contributed by atoms with Gasteiger partial charge < -0.3 is 9.30 Å². The molecule has 0 amide bonds. The van der Waals surface area contributed by atoms with Crippen LogP contribution >= 0.6 is 0 Å². The first-order valence-electron chi connectivity index (χ1n) is 10.1. The van der Waals surface area contributed by atoms with Gasteiger partial charge in [-0.3, -0.25) is 0 Å². The largest absolute Gasteiger partial charge is 0.462 e. The monoisotopic (exact) mass is 443 g/mol. The van der Waals surface area contributed by atoms with Gasteiger partial charge in [0.1, 0.15) is 5.83 Å². The van der Waals surface area contributed by atoms with Crippen molar-refractivity contribution in [1.29, 1.82) is 0 Å². The van der Waals surface area contributed by atoms with Gasteiger partial charge in [-0.1, -0.05) is 25.1 Å². The van der Waals surface area contributed by atoms with E-state index in [4.69, 9.17) is 4.74 Å². The second kappa shape index (κ2) is 9.06. The van der Waals surface area contributed by atoms with Crippen molar-refractivity contribution >= 4 is 26.7 Å². The third-order valence-corrected chi connectivity index (χ3v) is 6.23. The summed E-state index contributed by atoms with van der Waals surface area (Å²) in [6.07, 6.45) is 3.27. The van der Waals surface area contributed by atoms with Crippen LogP contribution in [0.2, 0.25) is 0 Å². The Hall–Kier alpha value is -2.93. The second-order valence-corrected chi connectivity index (χ2v) is 9.37. The van der Waals surface area contributed by atoms with Crippen LogP contribution in [0.1, 0.15) is 36.3 Å². The normalized spacial score (nSPS) is 12.4. The van der Waals surface area contributed by atoms with E-state index in [1.807, 2.05) is 24.5 Å². The molecule has 0 aliphatic carbocycles. The van der Waals surface area contributed by atoms with Crippen molar-refractivity contribution in [3.63, 3.8) is 0 Å². The number of benzene rings is 2. The van der Waals surface area contributed by atoms with Gasteiger partial charge in [0.05, 0.1) is 23.6 Å². The molecule has 0 N–H and O–H groups in total. The molecule has 1 heterocycles. The summed E-state index contributed by atoms with van der Waals surface area (Å²) in [7, 11) is -3.40. The van der Waals surface area contributed by atoms with Crippen LogP contribution in [0.5, 0.6) is 0 Å². The van der Waals surface area contributed by atoms with Crippen LogP contribution in [0.25, 0.3) is 22.0 Å². The molecule has 7 heteroatoms. The predicted molar refractivity (Wildman–Crippen MR) is 121 cm³/mol. The molecule has 0 aliphatic rings. The van der Waals surface area contributed by atoms with E-state index in [0.29, 0.717) is 17.5 Å². The van der Waals surface area contributed by atoms with Crippen molar-refractivity contribution in [2.75, 3.05) is 12.9 Å². The lowest BCUT2D eigenvalue weighted by atomic mass is 10.0. The molecule has 0 aliphatic heterocycles. The van der Waals surface area contributed by atoms with Crippen LogP contribution in [0, 0.1) is 6.92 Å². The first kappa shape index (κ1) is 22.7. The number of halogens is 1. The quantitative estimate of drug-likeness (QED) is 0.455. The van der Waals surface area contributed by atoms with E-state index in [9.17, 15) is 17.6 Å². The van der Waals surface area contributed by atoms with Crippen LogP contribution in [0.15, 0.2) is 59.3 Å². The Morgan fingerprint density at radius 3 is 2.55 bits per heavy atom. The van der Waals surface area contributed by atoms with Crippen molar-refractivity contribution < 1.29 is 22.3 Å². The van der Waals surface area contributed by atoms with Gasteiger partial charge in [0.25, 0.3) is 0 Å². The highest BCUT2D eigenvalue weighted by Gasteiger charge is 2.20. The summed E-state index contributed by atoms with van der Waals surface area (Å²) in [5, 5.41) is 0.734. The number of nitrogens with zero attached hydrogens (tertiary/aromatic N) is 1. The zero-order valence-electron chi connectivity index (χ0n) is 18.1. The second-order valence-electron chi connectivity index (χ2n) is 7.36. The van der Waals surface area contributed by atoms with E-state index in [2.05, 4.69) is 0 Å². The highest BCUT2D eigenvalue weighted by molar-refractivity contribution is 7.90. The van der Waals surface area contributed by atoms with Gasteiger partial charge in [0, 0.05) is 28.4 Å². The van der Waals surface area contributed by atoms with Crippen LogP contribution < -0.4 is 0 Å². The Kier molecular flexibility index (Phi) is 6.65. The number of hydrogen-bond donors (Lipinski definition) is 0. The summed E-state index contributed by atoms with van der Waals surface area (Å²) in [6.45, 7) is 5.79. The first-order valence-corrected chi connectivity index (χ1v) is 12.0. The Morgan fingerprint density at radius 2 is 1.90 bits per heavy atom. The molecule has 164 valence electrons. The number of aromatic nitrogens is 1. The van der Waals surface area contributed by atoms with E-state index in [1.54, 1.807) is 43.3 Å². The minimum absolute atomic E-state index is 0.0562. The van der Waals surface area contributed by atoms with E-state index in [0.717, 1.165) is 28.4 Å². The number of fused-ring (bicyclic) bond motifs is 1. The van der Waals surface area contributed by atoms with Gasteiger partial charge >= 0.3 is 5.97 Å². The Bertz CT molecular complexity index is 1270. The number of ether oxygens (including phenoxy) is 1. The molecular formula is C24H26FNO4S. The smallest absolute Gasteiger partial charge is 0.338 e. The summed E-state index contributed by atoms with van der Waals surface area (Å²) in [6, 6.07) is 11.8. The molecule has 5 nitrogen and oxygen atoms in total. The number of carbonyl (C=O) groups excluding carboxylic acids is 1. The third kappa shape index (κ3) is 4.71. The molecule has 0 fully saturated rings. The molecule has 3 rings (SSSR count). The fraction of sp³-hybridized carbons (Fsp3) is 0.292. The number of sulfone groups is 1. The van der Waals surface area contributed by atoms with Gasteiger partial charge in [0.15, 0.2) is 9.84 Å². The van der Waals surface area contributed by atoms with Gasteiger partial charge in [-0.25, -0.2) is 17.6 Å². The van der Waals surface area contributed by atoms with Gasteiger partial charge in [0.2, 0.25) is 0 Å². The lowest BCUT2D eigenvalue weighted by Gasteiger charge is -2.08. The van der Waals surface area contributed by atoms with Gasteiger partial charge in [-0.05, 0) is 56.2 Å². The summed E-state index contributed by atoms with van der Waals surface area (Å²) in [5.41, 5.74) is 3.36. The number of rotatable bonds is 7. The molecule has 3 aromatic rings. The molecule has 2 aromatic carbocycles. The summed E-state index contributed by atoms with van der Waals surface area (Å²) in [4.78, 5) is 12.5. The maximum Gasteiger partial charge on any atom is 0.338 e. The van der Waals surface area contributed by atoms with E-state index >= 15 is 0 Å². The van der Waals surface area contributed by atoms with Gasteiger partial charge in [-0.2, -0.15) is 0 Å². The molecule has 1 aromatic heterocycles. The highest BCUT2D eigenvalue weighted by atomic mass is 32.2. The Labute approximate surface area is 182 Å². The minimum atomic E-state index is -3.40. The maximum atomic E-state index is 14.4. The average molecular weight is 444 g/mol. The number of allylic oxidation sites excluding steroid dienone is 2. The number of hydrogen-bond acceptors (Lipinski definition) is 4. The minimum Gasteiger partial charge on any atom is -0.462 e. The zero-order valence-corrected chi connectivity index (χ0v) is 18.9. The summed E-state index contributed by atoms with van der Waals surface area (Å²) >= 11 is 0. The van der Waals surface area contributed by atoms with E-state index in [-0.39, 0.29) is 23.9 Å². The SMILES string of the molecule is CC/C=C(\F)Cn1c(C)c(-c2cccc(S(C)(=O)=O)c2)c2cc(C(=O)OCC)ccc21. The molecule has 0 saturated heterocycles. The third-order valence-electron chi connectivity index (χ3n) is 5.12. The Balaban J connectivity index is 2.30. The fourth-order valence-corrected chi connectivity index (χ4v) is 4.38. The van der Waals surface area contributed by atoms with Crippen molar-refractivity contribution in [2.45, 2.75) is 38.6 Å². The summed E-state index contributed by atoms with van der Waals surface area (Å²) < 4.78 is 45.5. The molecule has 0 bridgehead atoms. The van der Waals surface area contributed by atoms with Crippen LogP contribution in [0.4, 0.5) is 4.39 Å². The molecule has 0 unspecified atom stereocenters. The van der Waals surface area contributed by atoms with Gasteiger partial charge in [-0.15, -0.1) is 0 Å². The van der Waals surface area contributed by atoms with Crippen LogP contribution in [-0.4, -0.2) is 31.8 Å². The lowest BCUT2D eigenvalue weighted by Crippen LogP contribution is -2.04. The lowest BCUT2D eigenvalue weighted by molar-refractivity contribution is 0.0526. The number of carbonyl (C=O) groups is 1. The summed E-state index contributed by atoms with van der Waals surface area (Å²) in [5.74, 6) is -0.698. The number of esters is 1. The van der Waals surface area contributed by atoms with Crippen LogP contribution in [0.3, 0.4) is 0 Å². The van der Waals surface area contributed by atoms with Crippen LogP contribution in [-0.2, 0) is 21.1 Å². The van der Waals surface area contributed by atoms with Crippen molar-refractivity contribution in [1.82, 2.24) is 4.57 Å². The topological polar surface area (TPSA) is 65.4 Å².